The molecule has 1 N–H and O–H groups in total. The molecule has 4 rings (SSSR count). The van der Waals surface area contributed by atoms with Gasteiger partial charge < -0.3 is 19.5 Å². The lowest BCUT2D eigenvalue weighted by Gasteiger charge is -2.26. The van der Waals surface area contributed by atoms with Crippen molar-refractivity contribution in [2.45, 2.75) is 76.9 Å². The van der Waals surface area contributed by atoms with Gasteiger partial charge in [-0.25, -0.2) is 4.79 Å². The normalized spacial score (nSPS) is 19.2. The number of esters is 1. The minimum absolute atomic E-state index is 0.171. The van der Waals surface area contributed by atoms with Crippen LogP contribution in [0.2, 0.25) is 0 Å². The number of carbonyl (C=O) groups is 2. The molecule has 1 aromatic heterocycles. The van der Waals surface area contributed by atoms with Gasteiger partial charge in [0.05, 0.1) is 19.3 Å². The standard InChI is InChI=1S/C30H42N2O5S/c1-2-3-4-8-27(33)23-9-11-25(12-10-23)32-24(13-16-29(32)34)6-5-7-26-14-15-28(38-26)30(35)37-22-19-31-17-20-36-21-18-31/h9-12,14-15,24,27,33H,2-8,13,16-22H2,1H3/t24-,27-/m0/s1. The van der Waals surface area contributed by atoms with Crippen LogP contribution in [-0.4, -0.2) is 67.4 Å². The minimum atomic E-state index is -0.446. The third-order valence-electron chi connectivity index (χ3n) is 7.53. The Labute approximate surface area is 230 Å². The van der Waals surface area contributed by atoms with Crippen LogP contribution in [0.5, 0.6) is 0 Å². The molecule has 7 nitrogen and oxygen atoms in total. The maximum Gasteiger partial charge on any atom is 0.348 e. The Balaban J connectivity index is 1.22. The lowest BCUT2D eigenvalue weighted by molar-refractivity contribution is -0.117. The van der Waals surface area contributed by atoms with Crippen molar-refractivity contribution < 1.29 is 24.2 Å². The van der Waals surface area contributed by atoms with E-state index in [9.17, 15) is 14.7 Å². The van der Waals surface area contributed by atoms with Gasteiger partial charge in [-0.15, -0.1) is 11.3 Å². The highest BCUT2D eigenvalue weighted by Gasteiger charge is 2.31. The smallest absolute Gasteiger partial charge is 0.348 e. The van der Waals surface area contributed by atoms with Crippen molar-refractivity contribution in [2.75, 3.05) is 44.4 Å². The van der Waals surface area contributed by atoms with Crippen LogP contribution in [0.15, 0.2) is 36.4 Å². The number of hydrogen-bond donors (Lipinski definition) is 1. The van der Waals surface area contributed by atoms with E-state index in [0.717, 1.165) is 95.5 Å². The molecule has 2 aliphatic rings. The average Bonchev–Trinajstić information content (AvgIpc) is 3.56. The lowest BCUT2D eigenvalue weighted by atomic mass is 10.0. The number of ether oxygens (including phenoxy) is 2. The van der Waals surface area contributed by atoms with E-state index < -0.39 is 6.10 Å². The molecule has 1 amide bonds. The molecule has 2 atom stereocenters. The Morgan fingerprint density at radius 1 is 1.13 bits per heavy atom. The fraction of sp³-hybridized carbons (Fsp3) is 0.600. The number of thiophene rings is 1. The van der Waals surface area contributed by atoms with E-state index in [1.165, 1.54) is 16.2 Å². The lowest BCUT2D eigenvalue weighted by Crippen LogP contribution is -2.38. The van der Waals surface area contributed by atoms with Gasteiger partial charge in [0.25, 0.3) is 0 Å². The van der Waals surface area contributed by atoms with E-state index in [0.29, 0.717) is 17.9 Å². The van der Waals surface area contributed by atoms with Crippen LogP contribution in [0.1, 0.15) is 84.5 Å². The number of morpholine rings is 1. The van der Waals surface area contributed by atoms with Gasteiger partial charge >= 0.3 is 5.97 Å². The maximum atomic E-state index is 12.7. The monoisotopic (exact) mass is 542 g/mol. The third-order valence-corrected chi connectivity index (χ3v) is 8.66. The zero-order chi connectivity index (χ0) is 26.7. The molecule has 2 aromatic rings. The first-order valence-electron chi connectivity index (χ1n) is 14.2. The van der Waals surface area contributed by atoms with Gasteiger partial charge in [-0.05, 0) is 61.9 Å². The molecule has 0 unspecified atom stereocenters. The van der Waals surface area contributed by atoms with Crippen LogP contribution in [0.3, 0.4) is 0 Å². The molecule has 8 heteroatoms. The van der Waals surface area contributed by atoms with Gasteiger partial charge in [0.15, 0.2) is 0 Å². The molecule has 3 heterocycles. The predicted octanol–water partition coefficient (Wildman–Crippen LogP) is 5.37. The number of aryl methyl sites for hydroxylation is 1. The molecule has 0 aliphatic carbocycles. The number of carbonyl (C=O) groups excluding carboxylic acids is 2. The molecule has 208 valence electrons. The van der Waals surface area contributed by atoms with Crippen molar-refractivity contribution in [1.29, 1.82) is 0 Å². The first kappa shape index (κ1) is 28.7. The van der Waals surface area contributed by atoms with Crippen LogP contribution in [0.4, 0.5) is 5.69 Å². The maximum absolute atomic E-state index is 12.7. The van der Waals surface area contributed by atoms with Crippen LogP contribution in [-0.2, 0) is 20.7 Å². The van der Waals surface area contributed by atoms with Gasteiger partial charge in [-0.3, -0.25) is 9.69 Å². The largest absolute Gasteiger partial charge is 0.460 e. The van der Waals surface area contributed by atoms with Crippen molar-refractivity contribution >= 4 is 28.9 Å². The van der Waals surface area contributed by atoms with E-state index in [1.807, 2.05) is 41.3 Å². The summed E-state index contributed by atoms with van der Waals surface area (Å²) in [5.41, 5.74) is 1.83. The van der Waals surface area contributed by atoms with Gasteiger partial charge in [-0.2, -0.15) is 0 Å². The van der Waals surface area contributed by atoms with E-state index >= 15 is 0 Å². The molecular weight excluding hydrogens is 500 g/mol. The number of amides is 1. The van der Waals surface area contributed by atoms with Crippen LogP contribution < -0.4 is 4.90 Å². The van der Waals surface area contributed by atoms with Crippen LogP contribution in [0.25, 0.3) is 0 Å². The Morgan fingerprint density at radius 3 is 2.68 bits per heavy atom. The molecule has 2 aliphatic heterocycles. The fourth-order valence-corrected chi connectivity index (χ4v) is 6.22. The summed E-state index contributed by atoms with van der Waals surface area (Å²) >= 11 is 1.51. The summed E-state index contributed by atoms with van der Waals surface area (Å²) in [5.74, 6) is -0.0783. The predicted molar refractivity (Wildman–Crippen MR) is 151 cm³/mol. The summed E-state index contributed by atoms with van der Waals surface area (Å²) < 4.78 is 10.8. The Kier molecular flexibility index (Phi) is 11.2. The summed E-state index contributed by atoms with van der Waals surface area (Å²) in [5, 5.41) is 10.4. The van der Waals surface area contributed by atoms with Crippen LogP contribution >= 0.6 is 11.3 Å². The third kappa shape index (κ3) is 8.12. The zero-order valence-electron chi connectivity index (χ0n) is 22.6. The first-order valence-corrected chi connectivity index (χ1v) is 15.0. The van der Waals surface area contributed by atoms with Crippen LogP contribution in [0, 0.1) is 0 Å². The molecule has 0 saturated carbocycles. The second kappa shape index (κ2) is 14.8. The number of nitrogens with zero attached hydrogens (tertiary/aromatic N) is 2. The van der Waals surface area contributed by atoms with Gasteiger partial charge in [0.2, 0.25) is 5.91 Å². The second-order valence-corrected chi connectivity index (χ2v) is 11.5. The average molecular weight is 543 g/mol. The van der Waals surface area contributed by atoms with Crippen molar-refractivity contribution in [1.82, 2.24) is 4.90 Å². The van der Waals surface area contributed by atoms with Crippen molar-refractivity contribution in [3.63, 3.8) is 0 Å². The van der Waals surface area contributed by atoms with Gasteiger partial charge in [0, 0.05) is 42.7 Å². The topological polar surface area (TPSA) is 79.3 Å². The Morgan fingerprint density at radius 2 is 1.92 bits per heavy atom. The number of rotatable bonds is 14. The van der Waals surface area contributed by atoms with Gasteiger partial charge in [0.1, 0.15) is 11.5 Å². The molecule has 0 radical (unpaired) electrons. The fourth-order valence-electron chi connectivity index (χ4n) is 5.28. The quantitative estimate of drug-likeness (QED) is 0.255. The molecule has 0 spiro atoms. The molecule has 2 fully saturated rings. The highest BCUT2D eigenvalue weighted by atomic mass is 32.1. The summed E-state index contributed by atoms with van der Waals surface area (Å²) in [6.07, 6.45) is 7.82. The minimum Gasteiger partial charge on any atom is -0.460 e. The number of aliphatic hydroxyl groups excluding tert-OH is 1. The molecule has 1 aromatic carbocycles. The zero-order valence-corrected chi connectivity index (χ0v) is 23.4. The summed E-state index contributed by atoms with van der Waals surface area (Å²) in [4.78, 5) is 31.1. The summed E-state index contributed by atoms with van der Waals surface area (Å²) in [7, 11) is 0. The summed E-state index contributed by atoms with van der Waals surface area (Å²) in [6, 6.07) is 11.9. The molecule has 38 heavy (non-hydrogen) atoms. The molecule has 2 saturated heterocycles. The number of benzene rings is 1. The van der Waals surface area contributed by atoms with Gasteiger partial charge in [-0.1, -0.05) is 38.3 Å². The Bertz CT molecular complexity index is 1020. The Hall–Kier alpha value is -2.26. The number of aliphatic hydroxyl groups is 1. The SMILES string of the molecule is CCCCC[C@H](O)c1ccc(N2C(=O)CC[C@@H]2CCCc2ccc(C(=O)OCCN3CCOCC3)s2)cc1. The van der Waals surface area contributed by atoms with Crippen molar-refractivity contribution in [3.05, 3.63) is 51.7 Å². The van der Waals surface area contributed by atoms with E-state index in [2.05, 4.69) is 11.8 Å². The van der Waals surface area contributed by atoms with Crippen molar-refractivity contribution in [3.8, 4) is 0 Å². The summed E-state index contributed by atoms with van der Waals surface area (Å²) in [6.45, 7) is 6.56. The number of hydrogen-bond acceptors (Lipinski definition) is 7. The second-order valence-electron chi connectivity index (χ2n) is 10.3. The first-order chi connectivity index (χ1) is 18.5. The highest BCUT2D eigenvalue weighted by molar-refractivity contribution is 7.13. The number of unbranched alkanes of at least 4 members (excludes halogenated alkanes) is 2. The van der Waals surface area contributed by atoms with E-state index in [-0.39, 0.29) is 17.9 Å². The highest BCUT2D eigenvalue weighted by Crippen LogP contribution is 2.31. The molecule has 0 bridgehead atoms. The van der Waals surface area contributed by atoms with E-state index in [4.69, 9.17) is 9.47 Å². The van der Waals surface area contributed by atoms with Crippen molar-refractivity contribution in [2.24, 2.45) is 0 Å². The number of anilines is 1. The van der Waals surface area contributed by atoms with E-state index in [1.54, 1.807) is 0 Å². The molecular formula is C30H42N2O5S.